The fourth-order valence-electron chi connectivity index (χ4n) is 3.96. The molecule has 1 N–H and O–H groups in total. The molecule has 2 aliphatic rings. The molecule has 3 nitrogen and oxygen atoms in total. The van der Waals surface area contributed by atoms with Crippen LogP contribution in [0.5, 0.6) is 5.75 Å². The van der Waals surface area contributed by atoms with Crippen LogP contribution in [-0.4, -0.2) is 37.4 Å². The van der Waals surface area contributed by atoms with Crippen LogP contribution in [0.25, 0.3) is 0 Å². The molecule has 2 fully saturated rings. The summed E-state index contributed by atoms with van der Waals surface area (Å²) in [4.78, 5) is 2.41. The Morgan fingerprint density at radius 3 is 2.42 bits per heavy atom. The molecule has 24 heavy (non-hydrogen) atoms. The van der Waals surface area contributed by atoms with E-state index in [0.29, 0.717) is 10.4 Å². The molecule has 0 unspecified atom stereocenters. The SMILES string of the molecule is FC(F)(F)Oc1cc(Br)cc([C@@H](C2CCCC2)N2CCNCC2)c1. The minimum atomic E-state index is -4.67. The zero-order chi connectivity index (χ0) is 17.2. The van der Waals surface area contributed by atoms with E-state index in [1.54, 1.807) is 6.07 Å². The number of rotatable bonds is 4. The molecule has 0 bridgehead atoms. The highest BCUT2D eigenvalue weighted by molar-refractivity contribution is 9.10. The third-order valence-electron chi connectivity index (χ3n) is 4.86. The topological polar surface area (TPSA) is 24.5 Å². The predicted octanol–water partition coefficient (Wildman–Crippen LogP) is 4.48. The van der Waals surface area contributed by atoms with Crippen LogP contribution in [0.15, 0.2) is 22.7 Å². The van der Waals surface area contributed by atoms with Gasteiger partial charge in [-0.3, -0.25) is 4.90 Å². The van der Waals surface area contributed by atoms with Crippen molar-refractivity contribution in [3.05, 3.63) is 28.2 Å². The largest absolute Gasteiger partial charge is 0.573 e. The summed E-state index contributed by atoms with van der Waals surface area (Å²) in [6, 6.07) is 5.03. The number of benzene rings is 1. The van der Waals surface area contributed by atoms with Crippen molar-refractivity contribution in [3.8, 4) is 5.75 Å². The smallest absolute Gasteiger partial charge is 0.406 e. The zero-order valence-electron chi connectivity index (χ0n) is 13.4. The van der Waals surface area contributed by atoms with Gasteiger partial charge in [0.05, 0.1) is 0 Å². The number of hydrogen-bond acceptors (Lipinski definition) is 3. The lowest BCUT2D eigenvalue weighted by Gasteiger charge is -2.39. The Morgan fingerprint density at radius 2 is 1.79 bits per heavy atom. The van der Waals surface area contributed by atoms with Gasteiger partial charge < -0.3 is 10.1 Å². The second-order valence-electron chi connectivity index (χ2n) is 6.54. The van der Waals surface area contributed by atoms with Crippen molar-refractivity contribution in [1.29, 1.82) is 0 Å². The lowest BCUT2D eigenvalue weighted by molar-refractivity contribution is -0.274. The van der Waals surface area contributed by atoms with E-state index < -0.39 is 6.36 Å². The monoisotopic (exact) mass is 406 g/mol. The number of nitrogens with one attached hydrogen (secondary N) is 1. The van der Waals surface area contributed by atoms with Crippen LogP contribution in [-0.2, 0) is 0 Å². The van der Waals surface area contributed by atoms with E-state index in [-0.39, 0.29) is 11.8 Å². The summed E-state index contributed by atoms with van der Waals surface area (Å²) in [6.07, 6.45) is 0.00341. The molecule has 1 saturated carbocycles. The average molecular weight is 407 g/mol. The van der Waals surface area contributed by atoms with Crippen molar-refractivity contribution in [3.63, 3.8) is 0 Å². The maximum absolute atomic E-state index is 12.6. The van der Waals surface area contributed by atoms with Crippen molar-refractivity contribution in [2.45, 2.75) is 38.1 Å². The Hall–Kier alpha value is -0.790. The van der Waals surface area contributed by atoms with Crippen LogP contribution >= 0.6 is 15.9 Å². The summed E-state index contributed by atoms with van der Waals surface area (Å²) >= 11 is 3.34. The van der Waals surface area contributed by atoms with Gasteiger partial charge in [-0.05, 0) is 42.5 Å². The molecule has 0 radical (unpaired) electrons. The summed E-state index contributed by atoms with van der Waals surface area (Å²) in [5, 5.41) is 3.34. The normalized spacial score (nSPS) is 21.8. The average Bonchev–Trinajstić information content (AvgIpc) is 3.00. The number of piperazine rings is 1. The third kappa shape index (κ3) is 4.64. The first-order valence-corrected chi connectivity index (χ1v) is 9.23. The van der Waals surface area contributed by atoms with E-state index in [4.69, 9.17) is 0 Å². The standard InChI is InChI=1S/C17H22BrF3N2O/c18-14-9-13(10-15(11-14)24-17(19,20)21)16(12-3-1-2-4-12)23-7-5-22-6-8-23/h9-12,16,22H,1-8H2/t16-/m1/s1. The fourth-order valence-corrected chi connectivity index (χ4v) is 4.45. The van der Waals surface area contributed by atoms with Gasteiger partial charge in [-0.25, -0.2) is 0 Å². The molecule has 0 amide bonds. The number of halogens is 4. The molecular weight excluding hydrogens is 385 g/mol. The highest BCUT2D eigenvalue weighted by Crippen LogP contribution is 2.41. The predicted molar refractivity (Wildman–Crippen MR) is 90.0 cm³/mol. The van der Waals surface area contributed by atoms with Crippen LogP contribution < -0.4 is 10.1 Å². The first-order valence-electron chi connectivity index (χ1n) is 8.43. The molecule has 0 aromatic heterocycles. The molecule has 134 valence electrons. The van der Waals surface area contributed by atoms with E-state index in [0.717, 1.165) is 44.6 Å². The van der Waals surface area contributed by atoms with Gasteiger partial charge in [0.15, 0.2) is 0 Å². The molecule has 0 spiro atoms. The van der Waals surface area contributed by atoms with E-state index in [1.165, 1.54) is 18.9 Å². The minimum Gasteiger partial charge on any atom is -0.406 e. The summed E-state index contributed by atoms with van der Waals surface area (Å²) in [5.41, 5.74) is 0.914. The minimum absolute atomic E-state index is 0.148. The first kappa shape index (κ1) is 18.0. The Labute approximate surface area is 148 Å². The van der Waals surface area contributed by atoms with Gasteiger partial charge in [-0.2, -0.15) is 0 Å². The zero-order valence-corrected chi connectivity index (χ0v) is 15.0. The number of hydrogen-bond donors (Lipinski definition) is 1. The maximum atomic E-state index is 12.6. The second-order valence-corrected chi connectivity index (χ2v) is 7.46. The second kappa shape index (κ2) is 7.62. The summed E-state index contributed by atoms with van der Waals surface area (Å²) < 4.78 is 42.6. The third-order valence-corrected chi connectivity index (χ3v) is 5.32. The van der Waals surface area contributed by atoms with Crippen LogP contribution in [0.1, 0.15) is 37.3 Å². The number of ether oxygens (including phenoxy) is 1. The quantitative estimate of drug-likeness (QED) is 0.797. The molecule has 1 aliphatic heterocycles. The maximum Gasteiger partial charge on any atom is 0.573 e. The Balaban J connectivity index is 1.90. The van der Waals surface area contributed by atoms with Crippen molar-refractivity contribution in [2.24, 2.45) is 5.92 Å². The van der Waals surface area contributed by atoms with Crippen LogP contribution in [0.4, 0.5) is 13.2 Å². The van der Waals surface area contributed by atoms with Gasteiger partial charge in [-0.15, -0.1) is 13.2 Å². The van der Waals surface area contributed by atoms with Crippen molar-refractivity contribution in [1.82, 2.24) is 10.2 Å². The molecule has 1 aromatic carbocycles. The molecule has 1 aliphatic carbocycles. The van der Waals surface area contributed by atoms with Gasteiger partial charge in [0, 0.05) is 36.7 Å². The van der Waals surface area contributed by atoms with Crippen LogP contribution in [0, 0.1) is 5.92 Å². The molecule has 7 heteroatoms. The van der Waals surface area contributed by atoms with Gasteiger partial charge in [-0.1, -0.05) is 28.8 Å². The molecule has 3 rings (SSSR count). The summed E-state index contributed by atoms with van der Waals surface area (Å²) in [7, 11) is 0. The van der Waals surface area contributed by atoms with Crippen molar-refractivity contribution < 1.29 is 17.9 Å². The van der Waals surface area contributed by atoms with E-state index in [2.05, 4.69) is 30.9 Å². The van der Waals surface area contributed by atoms with Gasteiger partial charge in [0.2, 0.25) is 0 Å². The van der Waals surface area contributed by atoms with Gasteiger partial charge in [0.1, 0.15) is 5.75 Å². The van der Waals surface area contributed by atoms with Gasteiger partial charge >= 0.3 is 6.36 Å². The summed E-state index contributed by atoms with van der Waals surface area (Å²) in [5.74, 6) is 0.348. The van der Waals surface area contributed by atoms with E-state index in [9.17, 15) is 13.2 Å². The van der Waals surface area contributed by atoms with Crippen molar-refractivity contribution >= 4 is 15.9 Å². The van der Waals surface area contributed by atoms with Gasteiger partial charge in [0.25, 0.3) is 0 Å². The van der Waals surface area contributed by atoms with E-state index >= 15 is 0 Å². The highest BCUT2D eigenvalue weighted by Gasteiger charge is 2.34. The summed E-state index contributed by atoms with van der Waals surface area (Å²) in [6.45, 7) is 3.68. The Bertz CT molecular complexity index is 555. The van der Waals surface area contributed by atoms with Crippen LogP contribution in [0.3, 0.4) is 0 Å². The highest BCUT2D eigenvalue weighted by atomic mass is 79.9. The first-order chi connectivity index (χ1) is 11.4. The lowest BCUT2D eigenvalue weighted by atomic mass is 9.89. The molecular formula is C17H22BrF3N2O. The lowest BCUT2D eigenvalue weighted by Crippen LogP contribution is -2.46. The molecule has 1 saturated heterocycles. The van der Waals surface area contributed by atoms with Crippen LogP contribution in [0.2, 0.25) is 0 Å². The fraction of sp³-hybridized carbons (Fsp3) is 0.647. The van der Waals surface area contributed by atoms with Crippen molar-refractivity contribution in [2.75, 3.05) is 26.2 Å². The molecule has 1 aromatic rings. The van der Waals surface area contributed by atoms with E-state index in [1.807, 2.05) is 6.07 Å². The Morgan fingerprint density at radius 1 is 1.12 bits per heavy atom. The molecule has 1 heterocycles. The molecule has 1 atom stereocenters. The Kier molecular flexibility index (Phi) is 5.72. The number of alkyl halides is 3. The number of nitrogens with zero attached hydrogens (tertiary/aromatic N) is 1.